The van der Waals surface area contributed by atoms with Crippen molar-refractivity contribution < 1.29 is 9.59 Å². The number of hydrogen-bond donors (Lipinski definition) is 2. The molecule has 0 aliphatic rings. The molecule has 2 amide bonds. The molecule has 8 heteroatoms. The van der Waals surface area contributed by atoms with Gasteiger partial charge in [-0.05, 0) is 30.7 Å². The van der Waals surface area contributed by atoms with Gasteiger partial charge in [0.1, 0.15) is 4.88 Å². The topological polar surface area (TPSA) is 93.1 Å². The number of amides is 2. The summed E-state index contributed by atoms with van der Waals surface area (Å²) in [4.78, 5) is 42.4. The number of pyridine rings is 1. The lowest BCUT2D eigenvalue weighted by atomic mass is 10.2. The van der Waals surface area contributed by atoms with Gasteiger partial charge in [-0.25, -0.2) is 4.98 Å². The van der Waals surface area contributed by atoms with Crippen LogP contribution in [0.15, 0.2) is 83.8 Å². The lowest BCUT2D eigenvalue weighted by molar-refractivity contribution is 0.0953. The summed E-state index contributed by atoms with van der Waals surface area (Å²) in [5.41, 5.74) is 2.06. The Morgan fingerprint density at radius 2 is 1.66 bits per heavy atom. The first kappa shape index (κ1) is 21.2. The lowest BCUT2D eigenvalue weighted by Crippen LogP contribution is -2.22. The van der Waals surface area contributed by atoms with E-state index in [9.17, 15) is 14.4 Å². The van der Waals surface area contributed by atoms with Gasteiger partial charge in [0.25, 0.3) is 17.4 Å². The first-order valence-electron chi connectivity index (χ1n) is 9.90. The standard InChI is InChI=1S/C24H20N4O3S/c1-16-21(23(31)25-15-17-8-4-2-5-9-17)32-24(26-16)28-13-12-19(14-20(28)29)27-22(30)18-10-6-3-7-11-18/h2-14H,15H2,1H3,(H,25,31)(H,27,30). The van der Waals surface area contributed by atoms with Gasteiger partial charge >= 0.3 is 0 Å². The van der Waals surface area contributed by atoms with Gasteiger partial charge in [-0.1, -0.05) is 59.9 Å². The number of carbonyl (C=O) groups is 2. The molecule has 32 heavy (non-hydrogen) atoms. The molecule has 0 atom stereocenters. The van der Waals surface area contributed by atoms with Crippen molar-refractivity contribution >= 4 is 28.8 Å². The molecule has 0 saturated carbocycles. The minimum atomic E-state index is -0.360. The second-order valence-electron chi connectivity index (χ2n) is 7.02. The van der Waals surface area contributed by atoms with Gasteiger partial charge < -0.3 is 10.6 Å². The Balaban J connectivity index is 1.48. The van der Waals surface area contributed by atoms with Crippen molar-refractivity contribution in [2.75, 3.05) is 5.32 Å². The van der Waals surface area contributed by atoms with Gasteiger partial charge in [-0.15, -0.1) is 0 Å². The predicted octanol–water partition coefficient (Wildman–Crippen LogP) is 3.78. The average molecular weight is 445 g/mol. The highest BCUT2D eigenvalue weighted by Crippen LogP contribution is 2.21. The smallest absolute Gasteiger partial charge is 0.263 e. The molecule has 4 aromatic rings. The number of aromatic nitrogens is 2. The number of rotatable bonds is 6. The minimum Gasteiger partial charge on any atom is -0.347 e. The van der Waals surface area contributed by atoms with Crippen molar-refractivity contribution in [2.45, 2.75) is 13.5 Å². The van der Waals surface area contributed by atoms with E-state index in [0.717, 1.165) is 16.9 Å². The maximum Gasteiger partial charge on any atom is 0.263 e. The normalized spacial score (nSPS) is 10.5. The van der Waals surface area contributed by atoms with Crippen LogP contribution in [0, 0.1) is 6.92 Å². The number of hydrogen-bond acceptors (Lipinski definition) is 5. The first-order valence-corrected chi connectivity index (χ1v) is 10.7. The summed E-state index contributed by atoms with van der Waals surface area (Å²) in [6, 6.07) is 21.3. The monoisotopic (exact) mass is 444 g/mol. The molecule has 2 aromatic carbocycles. The molecule has 0 spiro atoms. The molecule has 2 N–H and O–H groups in total. The zero-order valence-corrected chi connectivity index (χ0v) is 18.1. The molecule has 0 aliphatic heterocycles. The van der Waals surface area contributed by atoms with Gasteiger partial charge in [0, 0.05) is 30.1 Å². The van der Waals surface area contributed by atoms with E-state index >= 15 is 0 Å². The van der Waals surface area contributed by atoms with E-state index in [0.29, 0.717) is 33.5 Å². The quantitative estimate of drug-likeness (QED) is 0.473. The van der Waals surface area contributed by atoms with Gasteiger partial charge in [0.05, 0.1) is 5.69 Å². The van der Waals surface area contributed by atoms with Crippen LogP contribution in [0.2, 0.25) is 0 Å². The minimum absolute atomic E-state index is 0.241. The molecule has 2 aromatic heterocycles. The van der Waals surface area contributed by atoms with E-state index in [4.69, 9.17) is 0 Å². The highest BCUT2D eigenvalue weighted by Gasteiger charge is 2.17. The highest BCUT2D eigenvalue weighted by atomic mass is 32.1. The Labute approximate surface area is 188 Å². The van der Waals surface area contributed by atoms with Gasteiger partial charge in [0.2, 0.25) is 0 Å². The van der Waals surface area contributed by atoms with Crippen LogP contribution in [0.4, 0.5) is 5.69 Å². The summed E-state index contributed by atoms with van der Waals surface area (Å²) in [6.07, 6.45) is 1.53. The molecule has 0 unspecified atom stereocenters. The molecule has 0 bridgehead atoms. The number of anilines is 1. The van der Waals surface area contributed by atoms with Crippen LogP contribution in [0.5, 0.6) is 0 Å². The third-order valence-corrected chi connectivity index (χ3v) is 5.86. The van der Waals surface area contributed by atoms with E-state index in [1.807, 2.05) is 36.4 Å². The summed E-state index contributed by atoms with van der Waals surface area (Å²) in [5.74, 6) is -0.542. The average Bonchev–Trinajstić information content (AvgIpc) is 3.20. The number of thiazole rings is 1. The number of aryl methyl sites for hydroxylation is 1. The Kier molecular flexibility index (Phi) is 6.23. The summed E-state index contributed by atoms with van der Waals surface area (Å²) in [6.45, 7) is 2.14. The fourth-order valence-corrected chi connectivity index (χ4v) is 4.03. The maximum absolute atomic E-state index is 12.6. The van der Waals surface area contributed by atoms with Crippen LogP contribution < -0.4 is 16.2 Å². The van der Waals surface area contributed by atoms with Gasteiger partial charge in [0.15, 0.2) is 5.13 Å². The van der Waals surface area contributed by atoms with Crippen LogP contribution in [0.25, 0.3) is 5.13 Å². The molecule has 0 aliphatic carbocycles. The van der Waals surface area contributed by atoms with E-state index in [2.05, 4.69) is 15.6 Å². The first-order chi connectivity index (χ1) is 15.5. The Morgan fingerprint density at radius 3 is 2.34 bits per heavy atom. The zero-order chi connectivity index (χ0) is 22.5. The van der Waals surface area contributed by atoms with E-state index in [1.165, 1.54) is 16.8 Å². The van der Waals surface area contributed by atoms with Crippen molar-refractivity contribution in [1.82, 2.24) is 14.9 Å². The highest BCUT2D eigenvalue weighted by molar-refractivity contribution is 7.16. The molecule has 0 radical (unpaired) electrons. The third kappa shape index (κ3) is 4.81. The van der Waals surface area contributed by atoms with E-state index < -0.39 is 0 Å². The van der Waals surface area contributed by atoms with Gasteiger partial charge in [-0.2, -0.15) is 0 Å². The fraction of sp³-hybridized carbons (Fsp3) is 0.0833. The molecule has 7 nitrogen and oxygen atoms in total. The Bertz CT molecular complexity index is 1310. The Hall–Kier alpha value is -4.04. The van der Waals surface area contributed by atoms with Crippen LogP contribution in [0.1, 0.15) is 31.3 Å². The molecular weight excluding hydrogens is 424 g/mol. The molecule has 0 fully saturated rings. The zero-order valence-electron chi connectivity index (χ0n) is 17.2. The summed E-state index contributed by atoms with van der Waals surface area (Å²) < 4.78 is 1.35. The SMILES string of the molecule is Cc1nc(-n2ccc(NC(=O)c3ccccc3)cc2=O)sc1C(=O)NCc1ccccc1. The summed E-state index contributed by atoms with van der Waals surface area (Å²) in [5, 5.41) is 5.98. The van der Waals surface area contributed by atoms with Crippen molar-refractivity contribution in [3.8, 4) is 5.13 Å². The third-order valence-electron chi connectivity index (χ3n) is 4.71. The van der Waals surface area contributed by atoms with Gasteiger partial charge in [-0.3, -0.25) is 19.0 Å². The van der Waals surface area contributed by atoms with E-state index in [-0.39, 0.29) is 17.4 Å². The second kappa shape index (κ2) is 9.40. The fourth-order valence-electron chi connectivity index (χ4n) is 3.06. The molecule has 0 saturated heterocycles. The number of benzene rings is 2. The lowest BCUT2D eigenvalue weighted by Gasteiger charge is -2.06. The van der Waals surface area contributed by atoms with Crippen LogP contribution in [0.3, 0.4) is 0 Å². The van der Waals surface area contributed by atoms with Crippen LogP contribution in [-0.4, -0.2) is 21.4 Å². The number of carbonyl (C=O) groups excluding carboxylic acids is 2. The van der Waals surface area contributed by atoms with Crippen molar-refractivity contribution in [3.63, 3.8) is 0 Å². The molecular formula is C24H20N4O3S. The summed E-state index contributed by atoms with van der Waals surface area (Å²) >= 11 is 1.14. The second-order valence-corrected chi connectivity index (χ2v) is 8.00. The van der Waals surface area contributed by atoms with Crippen molar-refractivity contribution in [1.29, 1.82) is 0 Å². The number of nitrogens with one attached hydrogen (secondary N) is 2. The molecule has 4 rings (SSSR count). The van der Waals surface area contributed by atoms with Crippen LogP contribution in [-0.2, 0) is 6.54 Å². The van der Waals surface area contributed by atoms with Crippen molar-refractivity contribution in [3.05, 3.63) is 111 Å². The van der Waals surface area contributed by atoms with Crippen molar-refractivity contribution in [2.24, 2.45) is 0 Å². The number of nitrogens with zero attached hydrogens (tertiary/aromatic N) is 2. The molecule has 160 valence electrons. The molecule has 2 heterocycles. The van der Waals surface area contributed by atoms with Crippen LogP contribution >= 0.6 is 11.3 Å². The maximum atomic E-state index is 12.6. The largest absolute Gasteiger partial charge is 0.347 e. The predicted molar refractivity (Wildman–Crippen MR) is 124 cm³/mol. The summed E-state index contributed by atoms with van der Waals surface area (Å²) in [7, 11) is 0. The van der Waals surface area contributed by atoms with E-state index in [1.54, 1.807) is 37.3 Å². The Morgan fingerprint density at radius 1 is 0.969 bits per heavy atom.